The maximum absolute atomic E-state index is 12.5. The Morgan fingerprint density at radius 1 is 0.867 bits per heavy atom. The van der Waals surface area contributed by atoms with Gasteiger partial charge in [-0.05, 0) is 24.3 Å². The van der Waals surface area contributed by atoms with Crippen LogP contribution in [0, 0.1) is 0 Å². The molecule has 0 aromatic heterocycles. The van der Waals surface area contributed by atoms with E-state index in [-0.39, 0.29) is 28.2 Å². The van der Waals surface area contributed by atoms with Gasteiger partial charge in [0, 0.05) is 11.1 Å². The molecule has 2 aromatic rings. The number of amides is 1. The zero-order chi connectivity index (χ0) is 22.3. The summed E-state index contributed by atoms with van der Waals surface area (Å²) in [5.41, 5.74) is 2.60. The number of benzene rings is 2. The molecule has 0 unspecified atom stereocenters. The Balaban J connectivity index is 2.32. The summed E-state index contributed by atoms with van der Waals surface area (Å²) in [4.78, 5) is 24.1. The normalized spacial score (nSPS) is 10.4. The highest BCUT2D eigenvalue weighted by molar-refractivity contribution is 6.02. The van der Waals surface area contributed by atoms with E-state index in [9.17, 15) is 14.7 Å². The van der Waals surface area contributed by atoms with Crippen molar-refractivity contribution >= 4 is 18.1 Å². The highest BCUT2D eigenvalue weighted by Gasteiger charge is 2.20. The third-order valence-electron chi connectivity index (χ3n) is 4.09. The van der Waals surface area contributed by atoms with Crippen LogP contribution in [0.5, 0.6) is 28.7 Å². The fourth-order valence-corrected chi connectivity index (χ4v) is 2.71. The van der Waals surface area contributed by atoms with E-state index in [4.69, 9.17) is 23.7 Å². The van der Waals surface area contributed by atoms with Gasteiger partial charge in [0.1, 0.15) is 5.56 Å². The summed E-state index contributed by atoms with van der Waals surface area (Å²) in [6, 6.07) is 5.95. The van der Waals surface area contributed by atoms with Crippen LogP contribution in [0.1, 0.15) is 26.3 Å². The molecule has 2 aromatic carbocycles. The Morgan fingerprint density at radius 3 is 1.90 bits per heavy atom. The van der Waals surface area contributed by atoms with Crippen molar-refractivity contribution in [1.82, 2.24) is 5.43 Å². The molecule has 0 fully saturated rings. The number of ether oxygens (including phenoxy) is 5. The molecule has 1 amide bonds. The Kier molecular flexibility index (Phi) is 7.45. The van der Waals surface area contributed by atoms with Crippen molar-refractivity contribution in [2.45, 2.75) is 0 Å². The average Bonchev–Trinajstić information content (AvgIpc) is 2.76. The highest BCUT2D eigenvalue weighted by Crippen LogP contribution is 2.38. The van der Waals surface area contributed by atoms with Gasteiger partial charge >= 0.3 is 5.97 Å². The van der Waals surface area contributed by atoms with Crippen LogP contribution in [0.4, 0.5) is 0 Å². The molecule has 160 valence electrons. The first-order valence-corrected chi connectivity index (χ1v) is 8.53. The standard InChI is InChI=1S/C20H22N2O8/c1-26-13-7-6-11(16(20(24)25)18(13)30-5)10-21-22-19(23)12-8-14(27-2)17(29-4)15(9-12)28-3/h6-10H,1-5H3,(H,22,23)(H,24,25)/b21-10+. The molecule has 0 heterocycles. The number of nitrogens with one attached hydrogen (secondary N) is 1. The first-order chi connectivity index (χ1) is 14.4. The number of hydrogen-bond donors (Lipinski definition) is 2. The molecule has 0 aliphatic heterocycles. The Bertz CT molecular complexity index is 947. The smallest absolute Gasteiger partial charge is 0.340 e. The first kappa shape index (κ1) is 22.3. The predicted octanol–water partition coefficient (Wildman–Crippen LogP) is 2.19. The van der Waals surface area contributed by atoms with Gasteiger partial charge in [0.05, 0.1) is 41.8 Å². The minimum absolute atomic E-state index is 0.0462. The van der Waals surface area contributed by atoms with Crippen molar-refractivity contribution in [3.8, 4) is 28.7 Å². The van der Waals surface area contributed by atoms with Gasteiger partial charge in [0.2, 0.25) is 5.75 Å². The summed E-state index contributed by atoms with van der Waals surface area (Å²) in [5, 5.41) is 13.4. The van der Waals surface area contributed by atoms with Crippen molar-refractivity contribution in [3.05, 3.63) is 41.0 Å². The van der Waals surface area contributed by atoms with Gasteiger partial charge in [0.15, 0.2) is 23.0 Å². The van der Waals surface area contributed by atoms with Crippen molar-refractivity contribution < 1.29 is 38.4 Å². The molecule has 0 saturated heterocycles. The fraction of sp³-hybridized carbons (Fsp3) is 0.250. The van der Waals surface area contributed by atoms with Crippen LogP contribution in [0.25, 0.3) is 0 Å². The molecule has 0 aliphatic rings. The predicted molar refractivity (Wildman–Crippen MR) is 108 cm³/mol. The van der Waals surface area contributed by atoms with Crippen LogP contribution >= 0.6 is 0 Å². The molecule has 0 atom stereocenters. The van der Waals surface area contributed by atoms with Crippen LogP contribution in [0.2, 0.25) is 0 Å². The zero-order valence-electron chi connectivity index (χ0n) is 17.1. The van der Waals surface area contributed by atoms with E-state index in [1.807, 2.05) is 0 Å². The van der Waals surface area contributed by atoms with Crippen LogP contribution in [0.3, 0.4) is 0 Å². The lowest BCUT2D eigenvalue weighted by Crippen LogP contribution is -2.18. The van der Waals surface area contributed by atoms with Crippen LogP contribution in [0.15, 0.2) is 29.4 Å². The van der Waals surface area contributed by atoms with E-state index < -0.39 is 11.9 Å². The summed E-state index contributed by atoms with van der Waals surface area (Å²) in [5.74, 6) is -0.543. The van der Waals surface area contributed by atoms with E-state index >= 15 is 0 Å². The van der Waals surface area contributed by atoms with Crippen molar-refractivity contribution in [2.24, 2.45) is 5.10 Å². The number of aromatic carboxylic acids is 1. The number of carboxylic acid groups (broad SMARTS) is 1. The molecule has 2 rings (SSSR count). The summed E-state index contributed by atoms with van der Waals surface area (Å²) in [6.45, 7) is 0. The van der Waals surface area contributed by atoms with Crippen LogP contribution in [-0.2, 0) is 0 Å². The van der Waals surface area contributed by atoms with Crippen LogP contribution < -0.4 is 29.1 Å². The second-order valence-electron chi connectivity index (χ2n) is 5.68. The van der Waals surface area contributed by atoms with Gasteiger partial charge in [-0.1, -0.05) is 0 Å². The number of methoxy groups -OCH3 is 5. The summed E-state index contributed by atoms with van der Waals surface area (Å²) < 4.78 is 25.9. The molecule has 10 nitrogen and oxygen atoms in total. The molecule has 10 heteroatoms. The molecule has 0 aliphatic carbocycles. The zero-order valence-corrected chi connectivity index (χ0v) is 17.1. The lowest BCUT2D eigenvalue weighted by atomic mass is 10.1. The summed E-state index contributed by atoms with van der Waals surface area (Å²) in [6.07, 6.45) is 1.20. The second kappa shape index (κ2) is 10.0. The van der Waals surface area contributed by atoms with E-state index in [0.717, 1.165) is 0 Å². The van der Waals surface area contributed by atoms with Crippen molar-refractivity contribution in [2.75, 3.05) is 35.5 Å². The SMILES string of the molecule is COc1cc(C(=O)N/N=C/c2ccc(OC)c(OC)c2C(=O)O)cc(OC)c1OC. The number of carbonyl (C=O) groups excluding carboxylic acids is 1. The Morgan fingerprint density at radius 2 is 1.43 bits per heavy atom. The van der Waals surface area contributed by atoms with Crippen LogP contribution in [-0.4, -0.2) is 58.7 Å². The number of nitrogens with zero attached hydrogens (tertiary/aromatic N) is 1. The van der Waals surface area contributed by atoms with Crippen molar-refractivity contribution in [1.29, 1.82) is 0 Å². The maximum atomic E-state index is 12.5. The Hall–Kier alpha value is -3.95. The third kappa shape index (κ3) is 4.54. The number of carbonyl (C=O) groups is 2. The lowest BCUT2D eigenvalue weighted by molar-refractivity contribution is 0.0692. The summed E-state index contributed by atoms with van der Waals surface area (Å²) in [7, 11) is 7.04. The Labute approximate surface area is 173 Å². The molecule has 0 radical (unpaired) electrons. The van der Waals surface area contributed by atoms with Gasteiger partial charge in [-0.15, -0.1) is 0 Å². The monoisotopic (exact) mass is 418 g/mol. The molecule has 0 spiro atoms. The number of rotatable bonds is 9. The van der Waals surface area contributed by atoms with E-state index in [2.05, 4.69) is 10.5 Å². The van der Waals surface area contributed by atoms with Gasteiger partial charge < -0.3 is 28.8 Å². The topological polar surface area (TPSA) is 125 Å². The van der Waals surface area contributed by atoms with E-state index in [0.29, 0.717) is 17.2 Å². The largest absolute Gasteiger partial charge is 0.493 e. The van der Waals surface area contributed by atoms with E-state index in [1.165, 1.54) is 66.0 Å². The lowest BCUT2D eigenvalue weighted by Gasteiger charge is -2.13. The average molecular weight is 418 g/mol. The van der Waals surface area contributed by atoms with Gasteiger partial charge in [-0.3, -0.25) is 4.79 Å². The molecular formula is C20H22N2O8. The van der Waals surface area contributed by atoms with Gasteiger partial charge in [0.25, 0.3) is 5.91 Å². The third-order valence-corrected chi connectivity index (χ3v) is 4.09. The maximum Gasteiger partial charge on any atom is 0.340 e. The molecule has 0 saturated carbocycles. The molecule has 2 N–H and O–H groups in total. The molecule has 0 bridgehead atoms. The fourth-order valence-electron chi connectivity index (χ4n) is 2.71. The van der Waals surface area contributed by atoms with Gasteiger partial charge in [-0.2, -0.15) is 5.10 Å². The van der Waals surface area contributed by atoms with Gasteiger partial charge in [-0.25, -0.2) is 10.2 Å². The number of carboxylic acids is 1. The molecule has 30 heavy (non-hydrogen) atoms. The highest BCUT2D eigenvalue weighted by atomic mass is 16.5. The van der Waals surface area contributed by atoms with Crippen molar-refractivity contribution in [3.63, 3.8) is 0 Å². The number of hydrazone groups is 1. The molecular weight excluding hydrogens is 396 g/mol. The minimum atomic E-state index is -1.23. The number of hydrogen-bond acceptors (Lipinski definition) is 8. The quantitative estimate of drug-likeness (QED) is 0.469. The first-order valence-electron chi connectivity index (χ1n) is 8.53. The van der Waals surface area contributed by atoms with E-state index in [1.54, 1.807) is 0 Å². The minimum Gasteiger partial charge on any atom is -0.493 e. The second-order valence-corrected chi connectivity index (χ2v) is 5.68. The summed E-state index contributed by atoms with van der Waals surface area (Å²) >= 11 is 0.